The van der Waals surface area contributed by atoms with Crippen molar-refractivity contribution >= 4 is 50.6 Å². The molecule has 0 aliphatic rings. The summed E-state index contributed by atoms with van der Waals surface area (Å²) in [6.07, 6.45) is 0. The van der Waals surface area contributed by atoms with Gasteiger partial charge in [0.1, 0.15) is 0 Å². The summed E-state index contributed by atoms with van der Waals surface area (Å²) in [5.41, 5.74) is 6.82. The molecule has 8 rings (SSSR count). The molecule has 0 fully saturated rings. The lowest BCUT2D eigenvalue weighted by molar-refractivity contribution is 1.18. The van der Waals surface area contributed by atoms with Crippen LogP contribution >= 0.6 is 0 Å². The Hall–Kier alpha value is -6.46. The summed E-state index contributed by atoms with van der Waals surface area (Å²) in [6.45, 7) is 0. The van der Waals surface area contributed by atoms with Crippen LogP contribution in [0.5, 0.6) is 0 Å². The Morgan fingerprint density at radius 2 is 0.979 bits per heavy atom. The van der Waals surface area contributed by atoms with Crippen molar-refractivity contribution in [2.24, 2.45) is 0 Å². The number of hydrogen-bond donors (Lipinski definition) is 0. The number of fused-ring (bicyclic) bond motifs is 3. The smallest absolute Gasteiger partial charge is 0.179 e. The lowest BCUT2D eigenvalue weighted by Crippen LogP contribution is -2.74. The van der Waals surface area contributed by atoms with Gasteiger partial charge in [0.25, 0.3) is 0 Å². The van der Waals surface area contributed by atoms with Crippen LogP contribution < -0.4 is 20.7 Å². The van der Waals surface area contributed by atoms with Crippen molar-refractivity contribution < 1.29 is 0 Å². The largest absolute Gasteiger partial charge is 0.309 e. The third-order valence-corrected chi connectivity index (χ3v) is 14.2. The van der Waals surface area contributed by atoms with Gasteiger partial charge in [-0.25, -0.2) is 0 Å². The molecule has 0 saturated carbocycles. The Labute approximate surface area is 280 Å². The van der Waals surface area contributed by atoms with Crippen molar-refractivity contribution in [3.63, 3.8) is 0 Å². The lowest BCUT2D eigenvalue weighted by atomic mass is 10.1. The molecule has 224 valence electrons. The molecule has 0 amide bonds. The van der Waals surface area contributed by atoms with Gasteiger partial charge >= 0.3 is 0 Å². The fraction of sp³-hybridized carbons (Fsp3) is 0. The highest BCUT2D eigenvalue weighted by Gasteiger charge is 2.41. The molecule has 1 aromatic heterocycles. The van der Waals surface area contributed by atoms with Crippen LogP contribution in [0.3, 0.4) is 0 Å². The predicted molar refractivity (Wildman–Crippen MR) is 199 cm³/mol. The lowest BCUT2D eigenvalue weighted by Gasteiger charge is -2.34. The molecule has 0 aliphatic carbocycles. The maximum Gasteiger partial charge on any atom is 0.179 e. The number of para-hydroxylation sites is 1. The van der Waals surface area contributed by atoms with Crippen LogP contribution in [0, 0.1) is 22.7 Å². The molecule has 1 heterocycles. The van der Waals surface area contributed by atoms with Crippen LogP contribution in [0.15, 0.2) is 176 Å². The van der Waals surface area contributed by atoms with E-state index in [1.165, 1.54) is 20.7 Å². The maximum atomic E-state index is 9.88. The zero-order chi connectivity index (χ0) is 32.5. The van der Waals surface area contributed by atoms with Crippen LogP contribution in [0.25, 0.3) is 38.6 Å². The van der Waals surface area contributed by atoms with E-state index in [-0.39, 0.29) is 0 Å². The van der Waals surface area contributed by atoms with Gasteiger partial charge in [0.05, 0.1) is 34.3 Å². The van der Waals surface area contributed by atoms with E-state index in [1.807, 2.05) is 36.4 Å². The highest BCUT2D eigenvalue weighted by molar-refractivity contribution is 7.19. The zero-order valence-electron chi connectivity index (χ0n) is 26.1. The third-order valence-electron chi connectivity index (χ3n) is 9.40. The second kappa shape index (κ2) is 12.0. The quantitative estimate of drug-likeness (QED) is 0.141. The van der Waals surface area contributed by atoms with E-state index < -0.39 is 8.07 Å². The summed E-state index contributed by atoms with van der Waals surface area (Å²) in [5.74, 6) is 0. The molecule has 0 bridgehead atoms. The van der Waals surface area contributed by atoms with Gasteiger partial charge in [-0.05, 0) is 80.4 Å². The van der Waals surface area contributed by atoms with Gasteiger partial charge in [0, 0.05) is 16.5 Å². The van der Waals surface area contributed by atoms with Crippen LogP contribution in [-0.4, -0.2) is 12.6 Å². The zero-order valence-corrected chi connectivity index (χ0v) is 27.1. The Bertz CT molecular complexity index is 2480. The third kappa shape index (κ3) is 4.72. The highest BCUT2D eigenvalue weighted by atomic mass is 28.3. The van der Waals surface area contributed by atoms with E-state index >= 15 is 0 Å². The first kappa shape index (κ1) is 29.0. The topological polar surface area (TPSA) is 52.5 Å². The van der Waals surface area contributed by atoms with Crippen molar-refractivity contribution in [2.45, 2.75) is 0 Å². The molecule has 4 heteroatoms. The summed E-state index contributed by atoms with van der Waals surface area (Å²) in [4.78, 5) is 0. The van der Waals surface area contributed by atoms with E-state index in [0.717, 1.165) is 38.6 Å². The summed E-state index contributed by atoms with van der Waals surface area (Å²) >= 11 is 0. The summed E-state index contributed by atoms with van der Waals surface area (Å²) < 4.78 is 2.29. The maximum absolute atomic E-state index is 9.88. The number of hydrogen-bond acceptors (Lipinski definition) is 2. The molecule has 0 atom stereocenters. The van der Waals surface area contributed by atoms with Crippen LogP contribution in [0.1, 0.15) is 11.1 Å². The molecule has 0 spiro atoms. The SMILES string of the molecule is N#Cc1cccc([Si](c2ccccc2)(c2ccccc2)c2ccc(-c3cccc(-n4c5ccccc5c5cc(C#N)ccc54)c3)cc2)c1. The van der Waals surface area contributed by atoms with Crippen molar-refractivity contribution in [3.8, 4) is 29.0 Å². The van der Waals surface area contributed by atoms with Gasteiger partial charge < -0.3 is 4.57 Å². The van der Waals surface area contributed by atoms with E-state index in [9.17, 15) is 10.5 Å². The molecule has 8 aromatic rings. The molecule has 0 radical (unpaired) electrons. The van der Waals surface area contributed by atoms with E-state index in [2.05, 4.69) is 156 Å². The normalized spacial score (nSPS) is 11.3. The van der Waals surface area contributed by atoms with Gasteiger partial charge in [0.15, 0.2) is 8.07 Å². The van der Waals surface area contributed by atoms with Crippen molar-refractivity contribution in [1.29, 1.82) is 10.5 Å². The molecule has 7 aromatic carbocycles. The second-order valence-electron chi connectivity index (χ2n) is 12.0. The first-order valence-electron chi connectivity index (χ1n) is 16.0. The average Bonchev–Trinajstić information content (AvgIpc) is 3.50. The number of aromatic nitrogens is 1. The Morgan fingerprint density at radius 3 is 1.69 bits per heavy atom. The fourth-order valence-corrected chi connectivity index (χ4v) is 12.0. The van der Waals surface area contributed by atoms with E-state index in [1.54, 1.807) is 0 Å². The molecule has 0 unspecified atom stereocenters. The van der Waals surface area contributed by atoms with E-state index in [0.29, 0.717) is 11.1 Å². The van der Waals surface area contributed by atoms with Crippen molar-refractivity contribution in [3.05, 3.63) is 187 Å². The van der Waals surface area contributed by atoms with Gasteiger partial charge in [-0.15, -0.1) is 0 Å². The Balaban J connectivity index is 1.29. The number of nitriles is 2. The minimum absolute atomic E-state index is 0.657. The van der Waals surface area contributed by atoms with Gasteiger partial charge in [-0.1, -0.05) is 127 Å². The second-order valence-corrected chi connectivity index (χ2v) is 15.8. The summed E-state index contributed by atoms with van der Waals surface area (Å²) in [6, 6.07) is 66.4. The van der Waals surface area contributed by atoms with Gasteiger partial charge in [0.2, 0.25) is 0 Å². The monoisotopic (exact) mass is 627 g/mol. The van der Waals surface area contributed by atoms with Gasteiger partial charge in [-0.3, -0.25) is 0 Å². The van der Waals surface area contributed by atoms with Crippen LogP contribution in [0.4, 0.5) is 0 Å². The first-order chi connectivity index (χ1) is 23.7. The number of benzene rings is 7. The predicted octanol–water partition coefficient (Wildman–Crippen LogP) is 7.57. The van der Waals surface area contributed by atoms with E-state index in [4.69, 9.17) is 0 Å². The minimum Gasteiger partial charge on any atom is -0.309 e. The standard InChI is InChI=1S/C44H29N3Si/c45-30-32-11-9-18-40(27-32)48(37-14-3-1-4-15-37,38-16-5-2-6-17-38)39-24-22-34(23-25-39)35-12-10-13-36(29-35)47-43-20-8-7-19-41(43)42-28-33(31-46)21-26-44(42)47/h1-29H. The van der Waals surface area contributed by atoms with Crippen molar-refractivity contribution in [2.75, 3.05) is 0 Å². The molecular formula is C44H29N3Si. The molecule has 48 heavy (non-hydrogen) atoms. The average molecular weight is 628 g/mol. The Morgan fingerprint density at radius 1 is 0.396 bits per heavy atom. The Kier molecular flexibility index (Phi) is 7.27. The minimum atomic E-state index is -2.77. The van der Waals surface area contributed by atoms with Gasteiger partial charge in [-0.2, -0.15) is 10.5 Å². The van der Waals surface area contributed by atoms with Crippen molar-refractivity contribution in [1.82, 2.24) is 4.57 Å². The molecule has 3 nitrogen and oxygen atoms in total. The summed E-state index contributed by atoms with van der Waals surface area (Å²) in [7, 11) is -2.77. The number of nitrogens with zero attached hydrogens (tertiary/aromatic N) is 3. The fourth-order valence-electron chi connectivity index (χ4n) is 7.26. The van der Waals surface area contributed by atoms with Crippen LogP contribution in [0.2, 0.25) is 0 Å². The number of rotatable bonds is 6. The summed E-state index contributed by atoms with van der Waals surface area (Å²) in [5, 5.41) is 26.6. The highest BCUT2D eigenvalue weighted by Crippen LogP contribution is 2.33. The molecule has 0 saturated heterocycles. The molecule has 0 N–H and O–H groups in total. The molecular weight excluding hydrogens is 599 g/mol. The molecule has 0 aliphatic heterocycles. The first-order valence-corrected chi connectivity index (χ1v) is 18.0. The van der Waals surface area contributed by atoms with Crippen LogP contribution in [-0.2, 0) is 0 Å².